The lowest BCUT2D eigenvalue weighted by atomic mass is 10.2. The first-order chi connectivity index (χ1) is 9.49. The van der Waals surface area contributed by atoms with E-state index in [1.165, 1.54) is 5.41 Å². The first kappa shape index (κ1) is 12.9. The normalized spacial score (nSPS) is 15.3. The summed E-state index contributed by atoms with van der Waals surface area (Å²) in [4.78, 5) is 0.286. The van der Waals surface area contributed by atoms with Crippen molar-refractivity contribution in [2.24, 2.45) is 0 Å². The third kappa shape index (κ3) is 2.02. The molecule has 3 rings (SSSR count). The fourth-order valence-corrected chi connectivity index (χ4v) is 3.36. The lowest BCUT2D eigenvalue weighted by Crippen LogP contribution is -2.00. The Kier molecular flexibility index (Phi) is 2.90. The van der Waals surface area contributed by atoms with Crippen LogP contribution < -0.4 is 4.74 Å². The number of fused-ring (bicyclic) bond motifs is 1. The van der Waals surface area contributed by atoms with Gasteiger partial charge < -0.3 is 9.26 Å². The summed E-state index contributed by atoms with van der Waals surface area (Å²) in [5.41, 5.74) is 2.25. The van der Waals surface area contributed by atoms with Gasteiger partial charge in [-0.15, -0.1) is 0 Å². The van der Waals surface area contributed by atoms with Crippen LogP contribution in [0, 0.1) is 13.8 Å². The minimum Gasteiger partial charge on any atom is -0.488 e. The van der Waals surface area contributed by atoms with Gasteiger partial charge >= 0.3 is 0 Å². The molecular weight excluding hydrogens is 278 g/mol. The molecule has 0 fully saturated rings. The number of nitrogens with zero attached hydrogens (tertiary/aromatic N) is 1. The molecule has 5 nitrogen and oxygen atoms in total. The van der Waals surface area contributed by atoms with E-state index in [9.17, 15) is 8.42 Å². The SMILES string of the molecule is Cc1noc(C)c1COc1cccc2c1C=CS2(=O)=O. The first-order valence-corrected chi connectivity index (χ1v) is 7.64. The Labute approximate surface area is 116 Å². The van der Waals surface area contributed by atoms with Crippen molar-refractivity contribution in [2.45, 2.75) is 25.3 Å². The van der Waals surface area contributed by atoms with Crippen molar-refractivity contribution in [1.82, 2.24) is 5.16 Å². The van der Waals surface area contributed by atoms with Gasteiger partial charge in [-0.05, 0) is 32.1 Å². The van der Waals surface area contributed by atoms with Crippen LogP contribution in [0.15, 0.2) is 33.0 Å². The first-order valence-electron chi connectivity index (χ1n) is 6.10. The molecule has 2 heterocycles. The maximum atomic E-state index is 11.8. The largest absolute Gasteiger partial charge is 0.488 e. The van der Waals surface area contributed by atoms with Crippen molar-refractivity contribution in [2.75, 3.05) is 0 Å². The Balaban J connectivity index is 1.91. The fourth-order valence-electron chi connectivity index (χ4n) is 2.15. The molecule has 0 bridgehead atoms. The Morgan fingerprint density at radius 2 is 2.10 bits per heavy atom. The van der Waals surface area contributed by atoms with Gasteiger partial charge in [-0.3, -0.25) is 0 Å². The van der Waals surface area contributed by atoms with Crippen LogP contribution in [0.2, 0.25) is 0 Å². The van der Waals surface area contributed by atoms with E-state index in [1.807, 2.05) is 13.8 Å². The second-order valence-electron chi connectivity index (χ2n) is 4.61. The molecular formula is C14H13NO4S. The maximum Gasteiger partial charge on any atom is 0.200 e. The number of aryl methyl sites for hydroxylation is 2. The van der Waals surface area contributed by atoms with E-state index in [2.05, 4.69) is 5.16 Å². The average molecular weight is 291 g/mol. The number of ether oxygens (including phenoxy) is 1. The molecule has 104 valence electrons. The van der Waals surface area contributed by atoms with Gasteiger partial charge in [-0.1, -0.05) is 11.2 Å². The molecule has 0 amide bonds. The summed E-state index contributed by atoms with van der Waals surface area (Å²) in [6, 6.07) is 5.00. The van der Waals surface area contributed by atoms with Crippen molar-refractivity contribution < 1.29 is 17.7 Å². The molecule has 0 N–H and O–H groups in total. The number of rotatable bonds is 3. The summed E-state index contributed by atoms with van der Waals surface area (Å²) >= 11 is 0. The monoisotopic (exact) mass is 291 g/mol. The van der Waals surface area contributed by atoms with Gasteiger partial charge in [0.2, 0.25) is 9.84 Å². The fraction of sp³-hybridized carbons (Fsp3) is 0.214. The van der Waals surface area contributed by atoms with Crippen LogP contribution in [0.4, 0.5) is 0 Å². The van der Waals surface area contributed by atoms with E-state index in [0.29, 0.717) is 23.7 Å². The Morgan fingerprint density at radius 1 is 1.30 bits per heavy atom. The Morgan fingerprint density at radius 3 is 2.80 bits per heavy atom. The molecule has 0 unspecified atom stereocenters. The van der Waals surface area contributed by atoms with Crippen LogP contribution in [-0.4, -0.2) is 13.6 Å². The van der Waals surface area contributed by atoms with Crippen LogP contribution in [0.1, 0.15) is 22.6 Å². The second-order valence-corrected chi connectivity index (χ2v) is 6.41. The summed E-state index contributed by atoms with van der Waals surface area (Å²) in [6.07, 6.45) is 1.56. The lowest BCUT2D eigenvalue weighted by Gasteiger charge is -2.09. The molecule has 2 aromatic rings. The van der Waals surface area contributed by atoms with E-state index in [1.54, 1.807) is 24.3 Å². The third-order valence-electron chi connectivity index (χ3n) is 3.30. The van der Waals surface area contributed by atoms with E-state index >= 15 is 0 Å². The van der Waals surface area contributed by atoms with Crippen LogP contribution in [0.3, 0.4) is 0 Å². The van der Waals surface area contributed by atoms with Crippen LogP contribution in [0.25, 0.3) is 6.08 Å². The molecule has 0 spiro atoms. The smallest absolute Gasteiger partial charge is 0.200 e. The van der Waals surface area contributed by atoms with Crippen LogP contribution in [-0.2, 0) is 16.4 Å². The summed E-state index contributed by atoms with van der Waals surface area (Å²) in [5.74, 6) is 1.25. The summed E-state index contributed by atoms with van der Waals surface area (Å²) in [6.45, 7) is 3.96. The standard InChI is InChI=1S/C14H13NO4S/c1-9-12(10(2)19-15-9)8-18-13-4-3-5-14-11(13)6-7-20(14,16)17/h3-7H,8H2,1-2H3. The van der Waals surface area contributed by atoms with Gasteiger partial charge in [0.25, 0.3) is 0 Å². The molecule has 0 atom stereocenters. The predicted molar refractivity (Wildman–Crippen MR) is 73.0 cm³/mol. The van der Waals surface area contributed by atoms with Gasteiger partial charge in [0, 0.05) is 11.0 Å². The van der Waals surface area contributed by atoms with E-state index in [-0.39, 0.29) is 4.90 Å². The molecule has 1 aliphatic heterocycles. The minimum atomic E-state index is -3.31. The van der Waals surface area contributed by atoms with Crippen LogP contribution >= 0.6 is 0 Å². The summed E-state index contributed by atoms with van der Waals surface area (Å²) < 4.78 is 34.4. The predicted octanol–water partition coefficient (Wildman–Crippen LogP) is 2.63. The van der Waals surface area contributed by atoms with Crippen molar-refractivity contribution >= 4 is 15.9 Å². The quantitative estimate of drug-likeness (QED) is 0.869. The average Bonchev–Trinajstić information content (AvgIpc) is 2.89. The molecule has 20 heavy (non-hydrogen) atoms. The topological polar surface area (TPSA) is 69.4 Å². The third-order valence-corrected chi connectivity index (χ3v) is 4.76. The number of hydrogen-bond acceptors (Lipinski definition) is 5. The van der Waals surface area contributed by atoms with Crippen molar-refractivity contribution in [3.05, 3.63) is 46.2 Å². The Bertz CT molecular complexity index is 783. The zero-order valence-electron chi connectivity index (χ0n) is 11.1. The molecule has 0 aliphatic carbocycles. The lowest BCUT2D eigenvalue weighted by molar-refractivity contribution is 0.300. The number of benzene rings is 1. The molecule has 0 saturated carbocycles. The van der Waals surface area contributed by atoms with Gasteiger partial charge in [0.15, 0.2) is 0 Å². The van der Waals surface area contributed by atoms with Crippen molar-refractivity contribution in [3.8, 4) is 5.75 Å². The number of aromatic nitrogens is 1. The molecule has 1 aliphatic rings. The van der Waals surface area contributed by atoms with E-state index in [0.717, 1.165) is 11.3 Å². The highest BCUT2D eigenvalue weighted by Gasteiger charge is 2.23. The molecule has 0 saturated heterocycles. The Hall–Kier alpha value is -2.08. The molecule has 1 aromatic carbocycles. The molecule has 1 aromatic heterocycles. The highest BCUT2D eigenvalue weighted by atomic mass is 32.2. The van der Waals surface area contributed by atoms with Gasteiger partial charge in [-0.2, -0.15) is 0 Å². The molecule has 6 heteroatoms. The minimum absolute atomic E-state index is 0.286. The highest BCUT2D eigenvalue weighted by molar-refractivity contribution is 7.94. The second kappa shape index (κ2) is 4.49. The number of hydrogen-bond donors (Lipinski definition) is 0. The zero-order valence-corrected chi connectivity index (χ0v) is 11.9. The van der Waals surface area contributed by atoms with E-state index < -0.39 is 9.84 Å². The van der Waals surface area contributed by atoms with Crippen molar-refractivity contribution in [3.63, 3.8) is 0 Å². The van der Waals surface area contributed by atoms with Crippen molar-refractivity contribution in [1.29, 1.82) is 0 Å². The highest BCUT2D eigenvalue weighted by Crippen LogP contribution is 2.34. The maximum absolute atomic E-state index is 11.8. The summed E-state index contributed by atoms with van der Waals surface area (Å²) in [7, 11) is -3.31. The zero-order chi connectivity index (χ0) is 14.3. The van der Waals surface area contributed by atoms with Gasteiger partial charge in [0.05, 0.1) is 16.2 Å². The van der Waals surface area contributed by atoms with Gasteiger partial charge in [0.1, 0.15) is 18.1 Å². The summed E-state index contributed by atoms with van der Waals surface area (Å²) in [5, 5.41) is 5.05. The van der Waals surface area contributed by atoms with E-state index in [4.69, 9.17) is 9.26 Å². The molecule has 0 radical (unpaired) electrons. The van der Waals surface area contributed by atoms with Crippen LogP contribution in [0.5, 0.6) is 5.75 Å². The van der Waals surface area contributed by atoms with Gasteiger partial charge in [-0.25, -0.2) is 8.42 Å². The number of sulfone groups is 1.